The zero-order chi connectivity index (χ0) is 17.9. The summed E-state index contributed by atoms with van der Waals surface area (Å²) in [7, 11) is 0. The van der Waals surface area contributed by atoms with Gasteiger partial charge in [0.15, 0.2) is 0 Å². The lowest BCUT2D eigenvalue weighted by molar-refractivity contribution is -0.131. The Kier molecular flexibility index (Phi) is 5.93. The average Bonchev–Trinajstić information content (AvgIpc) is 2.45. The van der Waals surface area contributed by atoms with Crippen LogP contribution in [0.2, 0.25) is 0 Å². The van der Waals surface area contributed by atoms with Crippen molar-refractivity contribution in [3.05, 3.63) is 34.4 Å². The van der Waals surface area contributed by atoms with Crippen LogP contribution in [0.3, 0.4) is 0 Å². The van der Waals surface area contributed by atoms with Crippen LogP contribution in [-0.2, 0) is 14.3 Å². The van der Waals surface area contributed by atoms with Crippen molar-refractivity contribution in [2.45, 2.75) is 58.1 Å². The lowest BCUT2D eigenvalue weighted by Crippen LogP contribution is -2.30. The van der Waals surface area contributed by atoms with Gasteiger partial charge in [-0.3, -0.25) is 9.59 Å². The van der Waals surface area contributed by atoms with Crippen molar-refractivity contribution in [2.24, 2.45) is 5.92 Å². The van der Waals surface area contributed by atoms with Crippen LogP contribution in [-0.4, -0.2) is 17.8 Å². The second-order valence-corrected chi connectivity index (χ2v) is 8.34. The van der Waals surface area contributed by atoms with Crippen LogP contribution in [0, 0.1) is 31.6 Å². The summed E-state index contributed by atoms with van der Waals surface area (Å²) < 4.78 is -0.102. The molecule has 0 amide bonds. The molecule has 0 spiro atoms. The number of rotatable bonds is 4. The van der Waals surface area contributed by atoms with Gasteiger partial charge in [0.25, 0.3) is 0 Å². The lowest BCUT2D eigenvalue weighted by atomic mass is 9.78. The molecule has 1 aromatic rings. The molecule has 1 saturated carbocycles. The average molecular weight is 343 g/mol. The summed E-state index contributed by atoms with van der Waals surface area (Å²) in [6, 6.07) is 4.29. The smallest absolute Gasteiger partial charge is 0.140 e. The zero-order valence-electron chi connectivity index (χ0n) is 15.3. The third-order valence-electron chi connectivity index (χ3n) is 4.89. The fourth-order valence-electron chi connectivity index (χ4n) is 4.08. The van der Waals surface area contributed by atoms with Gasteiger partial charge in [-0.05, 0) is 75.1 Å². The third kappa shape index (κ3) is 4.11. The number of benzene rings is 1. The van der Waals surface area contributed by atoms with E-state index in [1.807, 2.05) is 18.7 Å². The van der Waals surface area contributed by atoms with Crippen molar-refractivity contribution >= 4 is 23.3 Å². The number of thioether (sulfide) groups is 1. The van der Waals surface area contributed by atoms with Gasteiger partial charge in [-0.25, -0.2) is 0 Å². The molecule has 0 aliphatic heterocycles. The van der Waals surface area contributed by atoms with Gasteiger partial charge >= 0.3 is 0 Å². The normalized spacial score (nSPS) is 18.0. The number of Topliss-reactive ketones (excluding diaryl/α,β-unsaturated/α-hetero) is 2. The Morgan fingerprint density at radius 2 is 1.71 bits per heavy atom. The maximum Gasteiger partial charge on any atom is 0.140 e. The molecule has 0 bridgehead atoms. The highest BCUT2D eigenvalue weighted by atomic mass is 32.2. The van der Waals surface area contributed by atoms with E-state index in [9.17, 15) is 9.59 Å². The van der Waals surface area contributed by atoms with E-state index in [1.54, 1.807) is 0 Å². The first-order valence-electron chi connectivity index (χ1n) is 8.42. The summed E-state index contributed by atoms with van der Waals surface area (Å²) >= 11 is 1.81. The molecular weight excluding hydrogens is 316 g/mol. The Labute approximate surface area is 149 Å². The molecule has 1 atom stereocenters. The maximum absolute atomic E-state index is 11.8. The molecule has 0 N–H and O–H groups in total. The van der Waals surface area contributed by atoms with Crippen molar-refractivity contribution in [3.8, 4) is 11.8 Å². The van der Waals surface area contributed by atoms with E-state index in [-0.39, 0.29) is 28.7 Å². The summed E-state index contributed by atoms with van der Waals surface area (Å²) in [6.45, 7) is 8.35. The van der Waals surface area contributed by atoms with Crippen LogP contribution in [0.5, 0.6) is 0 Å². The van der Waals surface area contributed by atoms with Crippen molar-refractivity contribution in [1.82, 2.24) is 0 Å². The molecule has 1 aliphatic carbocycles. The van der Waals surface area contributed by atoms with Gasteiger partial charge in [0.05, 0.1) is 6.42 Å². The van der Waals surface area contributed by atoms with E-state index in [0.717, 1.165) is 12.0 Å². The summed E-state index contributed by atoms with van der Waals surface area (Å²) in [6.07, 6.45) is 4.19. The van der Waals surface area contributed by atoms with Crippen molar-refractivity contribution in [3.63, 3.8) is 0 Å². The number of carbonyl (C=O) groups excluding carboxylic acids is 2. The van der Waals surface area contributed by atoms with E-state index in [0.29, 0.717) is 12.8 Å². The molecule has 3 heteroatoms. The SMILES string of the molecule is CC#Cc1cc(C)c(C(C)(CC2CC(=O)CC(=O)C2)SC)c(C)c1. The molecule has 2 nitrogen and oxygen atoms in total. The van der Waals surface area contributed by atoms with Crippen LogP contribution < -0.4 is 0 Å². The van der Waals surface area contributed by atoms with Crippen LogP contribution in [0.4, 0.5) is 0 Å². The van der Waals surface area contributed by atoms with Gasteiger partial charge in [-0.1, -0.05) is 5.92 Å². The first-order valence-corrected chi connectivity index (χ1v) is 9.64. The topological polar surface area (TPSA) is 34.1 Å². The quantitative estimate of drug-likeness (QED) is 0.593. The molecule has 0 aromatic heterocycles. The number of hydrogen-bond donors (Lipinski definition) is 0. The number of hydrogen-bond acceptors (Lipinski definition) is 3. The van der Waals surface area contributed by atoms with Gasteiger partial charge in [-0.2, -0.15) is 11.8 Å². The Balaban J connectivity index is 2.36. The minimum Gasteiger partial charge on any atom is -0.299 e. The van der Waals surface area contributed by atoms with Crippen LogP contribution in [0.15, 0.2) is 12.1 Å². The first-order chi connectivity index (χ1) is 11.3. The molecule has 1 aliphatic rings. The van der Waals surface area contributed by atoms with Crippen molar-refractivity contribution < 1.29 is 9.59 Å². The van der Waals surface area contributed by atoms with E-state index < -0.39 is 0 Å². The van der Waals surface area contributed by atoms with Crippen molar-refractivity contribution in [2.75, 3.05) is 6.26 Å². The zero-order valence-corrected chi connectivity index (χ0v) is 16.1. The predicted molar refractivity (Wildman–Crippen MR) is 101 cm³/mol. The van der Waals surface area contributed by atoms with Gasteiger partial charge < -0.3 is 0 Å². The molecule has 1 aromatic carbocycles. The molecule has 2 rings (SSSR count). The monoisotopic (exact) mass is 342 g/mol. The summed E-state index contributed by atoms with van der Waals surface area (Å²) in [5, 5.41) is 0. The maximum atomic E-state index is 11.8. The third-order valence-corrected chi connectivity index (χ3v) is 6.16. The molecule has 0 heterocycles. The summed E-state index contributed by atoms with van der Waals surface area (Å²) in [4.78, 5) is 23.6. The Hall–Kier alpha value is -1.53. The van der Waals surface area contributed by atoms with E-state index in [2.05, 4.69) is 51.0 Å². The Morgan fingerprint density at radius 1 is 1.17 bits per heavy atom. The molecule has 1 unspecified atom stereocenters. The van der Waals surface area contributed by atoms with Gasteiger partial charge in [0, 0.05) is 23.2 Å². The summed E-state index contributed by atoms with van der Waals surface area (Å²) in [5.74, 6) is 6.44. The van der Waals surface area contributed by atoms with Gasteiger partial charge in [-0.15, -0.1) is 5.92 Å². The van der Waals surface area contributed by atoms with Gasteiger partial charge in [0.1, 0.15) is 11.6 Å². The molecule has 128 valence electrons. The van der Waals surface area contributed by atoms with Crippen LogP contribution in [0.25, 0.3) is 0 Å². The standard InChI is InChI=1S/C21H26O2S/c1-6-7-16-8-14(2)20(15(3)9-16)21(4,24-5)13-17-10-18(22)12-19(23)11-17/h8-9,17H,10-13H2,1-5H3. The molecule has 0 saturated heterocycles. The number of aryl methyl sites for hydroxylation is 2. The number of carbonyl (C=O) groups is 2. The highest BCUT2D eigenvalue weighted by Crippen LogP contribution is 2.45. The van der Waals surface area contributed by atoms with E-state index in [4.69, 9.17) is 0 Å². The largest absolute Gasteiger partial charge is 0.299 e. The van der Waals surface area contributed by atoms with Gasteiger partial charge in [0.2, 0.25) is 0 Å². The predicted octanol–water partition coefficient (Wildman–Crippen LogP) is 4.58. The Bertz CT molecular complexity index is 684. The van der Waals surface area contributed by atoms with Crippen LogP contribution >= 0.6 is 11.8 Å². The molecule has 24 heavy (non-hydrogen) atoms. The van der Waals surface area contributed by atoms with E-state index in [1.165, 1.54) is 16.7 Å². The highest BCUT2D eigenvalue weighted by molar-refractivity contribution is 7.99. The fraction of sp³-hybridized carbons (Fsp3) is 0.524. The second kappa shape index (κ2) is 7.57. The van der Waals surface area contributed by atoms with Crippen molar-refractivity contribution in [1.29, 1.82) is 0 Å². The molecule has 1 fully saturated rings. The molecule has 0 radical (unpaired) electrons. The minimum atomic E-state index is -0.102. The fourth-order valence-corrected chi connectivity index (χ4v) is 5.01. The number of ketones is 2. The minimum absolute atomic E-state index is 0.0988. The Morgan fingerprint density at radius 3 is 2.17 bits per heavy atom. The molecular formula is C21H26O2S. The van der Waals surface area contributed by atoms with Crippen LogP contribution in [0.1, 0.15) is 61.8 Å². The van der Waals surface area contributed by atoms with E-state index >= 15 is 0 Å². The first kappa shape index (κ1) is 18.8. The second-order valence-electron chi connectivity index (χ2n) is 7.03. The lowest BCUT2D eigenvalue weighted by Gasteiger charge is -2.35. The summed E-state index contributed by atoms with van der Waals surface area (Å²) in [5.41, 5.74) is 4.83. The highest BCUT2D eigenvalue weighted by Gasteiger charge is 2.35.